The molecule has 0 atom stereocenters. The van der Waals surface area contributed by atoms with Crippen LogP contribution in [0.5, 0.6) is 0 Å². The lowest BCUT2D eigenvalue weighted by atomic mass is 10.1. The van der Waals surface area contributed by atoms with Crippen LogP contribution >= 0.6 is 11.9 Å². The third-order valence-electron chi connectivity index (χ3n) is 4.22. The summed E-state index contributed by atoms with van der Waals surface area (Å²) in [7, 11) is 0. The number of rotatable bonds is 3. The standard InChI is InChI=1S/C17H19N5S/c18-13-5-9-21(10-6-13)16-12-22(15-4-2-8-20-17(15)16)23-14-3-1-7-19-11-14/h1-4,7-8,11-13H,5-6,9-10,18H2. The summed E-state index contributed by atoms with van der Waals surface area (Å²) in [5.74, 6) is 0. The second kappa shape index (κ2) is 6.22. The van der Waals surface area contributed by atoms with Crippen molar-refractivity contribution in [2.24, 2.45) is 5.73 Å². The van der Waals surface area contributed by atoms with Gasteiger partial charge in [-0.1, -0.05) is 0 Å². The van der Waals surface area contributed by atoms with Crippen molar-refractivity contribution in [1.82, 2.24) is 13.9 Å². The highest BCUT2D eigenvalue weighted by Crippen LogP contribution is 2.33. The van der Waals surface area contributed by atoms with Gasteiger partial charge in [-0.2, -0.15) is 0 Å². The highest BCUT2D eigenvalue weighted by molar-refractivity contribution is 7.98. The minimum atomic E-state index is 0.331. The molecule has 1 fully saturated rings. The summed E-state index contributed by atoms with van der Waals surface area (Å²) in [6.45, 7) is 1.99. The Balaban J connectivity index is 1.71. The largest absolute Gasteiger partial charge is 0.368 e. The topological polar surface area (TPSA) is 60.0 Å². The summed E-state index contributed by atoms with van der Waals surface area (Å²) in [6.07, 6.45) is 9.80. The molecule has 5 nitrogen and oxygen atoms in total. The van der Waals surface area contributed by atoms with E-state index in [2.05, 4.69) is 37.2 Å². The lowest BCUT2D eigenvalue weighted by Crippen LogP contribution is -2.39. The van der Waals surface area contributed by atoms with Gasteiger partial charge in [-0.25, -0.2) is 0 Å². The molecule has 4 rings (SSSR count). The molecule has 23 heavy (non-hydrogen) atoms. The predicted octanol–water partition coefficient (Wildman–Crippen LogP) is 2.91. The molecule has 3 aromatic heterocycles. The fourth-order valence-corrected chi connectivity index (χ4v) is 3.85. The molecule has 0 amide bonds. The predicted molar refractivity (Wildman–Crippen MR) is 94.6 cm³/mol. The van der Waals surface area contributed by atoms with Crippen LogP contribution < -0.4 is 10.6 Å². The minimum Gasteiger partial charge on any atom is -0.368 e. The molecule has 4 heterocycles. The van der Waals surface area contributed by atoms with Crippen LogP contribution in [0.3, 0.4) is 0 Å². The van der Waals surface area contributed by atoms with Crippen LogP contribution in [0.25, 0.3) is 11.0 Å². The number of hydrogen-bond acceptors (Lipinski definition) is 5. The summed E-state index contributed by atoms with van der Waals surface area (Å²) in [6, 6.07) is 8.46. The number of anilines is 1. The zero-order valence-electron chi connectivity index (χ0n) is 12.8. The first-order chi connectivity index (χ1) is 11.3. The number of nitrogens with two attached hydrogens (primary N) is 1. The van der Waals surface area contributed by atoms with Gasteiger partial charge < -0.3 is 10.6 Å². The van der Waals surface area contributed by atoms with E-state index < -0.39 is 0 Å². The average Bonchev–Trinajstić information content (AvgIpc) is 2.95. The van der Waals surface area contributed by atoms with E-state index in [1.807, 2.05) is 24.5 Å². The molecule has 1 aliphatic rings. The van der Waals surface area contributed by atoms with Crippen molar-refractivity contribution >= 4 is 28.7 Å². The van der Waals surface area contributed by atoms with E-state index in [1.54, 1.807) is 18.1 Å². The van der Waals surface area contributed by atoms with Gasteiger partial charge in [-0.15, -0.1) is 0 Å². The molecule has 0 spiro atoms. The van der Waals surface area contributed by atoms with Gasteiger partial charge in [0.1, 0.15) is 5.52 Å². The SMILES string of the molecule is NC1CCN(c2cn(Sc3cccnc3)c3cccnc23)CC1. The first-order valence-corrected chi connectivity index (χ1v) is 8.63. The Morgan fingerprint density at radius 2 is 1.96 bits per heavy atom. The van der Waals surface area contributed by atoms with Gasteiger partial charge in [0.2, 0.25) is 0 Å². The summed E-state index contributed by atoms with van der Waals surface area (Å²) in [5.41, 5.74) is 9.42. The van der Waals surface area contributed by atoms with Gasteiger partial charge in [0.15, 0.2) is 0 Å². The number of fused-ring (bicyclic) bond motifs is 1. The molecular formula is C17H19N5S. The average molecular weight is 325 g/mol. The lowest BCUT2D eigenvalue weighted by molar-refractivity contribution is 0.502. The van der Waals surface area contributed by atoms with Crippen molar-refractivity contribution in [1.29, 1.82) is 0 Å². The van der Waals surface area contributed by atoms with Crippen LogP contribution in [0.4, 0.5) is 5.69 Å². The highest BCUT2D eigenvalue weighted by atomic mass is 32.2. The summed E-state index contributed by atoms with van der Waals surface area (Å²) in [5, 5.41) is 0. The summed E-state index contributed by atoms with van der Waals surface area (Å²) in [4.78, 5) is 12.3. The van der Waals surface area contributed by atoms with E-state index in [0.717, 1.165) is 41.9 Å². The van der Waals surface area contributed by atoms with Crippen molar-refractivity contribution in [3.05, 3.63) is 49.1 Å². The molecule has 0 unspecified atom stereocenters. The van der Waals surface area contributed by atoms with Crippen LogP contribution in [0, 0.1) is 0 Å². The van der Waals surface area contributed by atoms with E-state index >= 15 is 0 Å². The maximum Gasteiger partial charge on any atom is 0.112 e. The second-order valence-corrected chi connectivity index (χ2v) is 6.86. The molecule has 0 bridgehead atoms. The smallest absolute Gasteiger partial charge is 0.112 e. The van der Waals surface area contributed by atoms with Gasteiger partial charge in [0.25, 0.3) is 0 Å². The Hall–Kier alpha value is -2.05. The second-order valence-electron chi connectivity index (χ2n) is 5.82. The Labute approximate surface area is 139 Å². The van der Waals surface area contributed by atoms with Gasteiger partial charge in [0.05, 0.1) is 11.2 Å². The number of aromatic nitrogens is 3. The van der Waals surface area contributed by atoms with Crippen molar-refractivity contribution in [3.63, 3.8) is 0 Å². The van der Waals surface area contributed by atoms with Crippen LogP contribution in [0.15, 0.2) is 53.9 Å². The molecule has 3 aromatic rings. The summed E-state index contributed by atoms with van der Waals surface area (Å²) < 4.78 is 2.18. The highest BCUT2D eigenvalue weighted by Gasteiger charge is 2.21. The monoisotopic (exact) mass is 325 g/mol. The Morgan fingerprint density at radius 3 is 2.74 bits per heavy atom. The molecule has 1 saturated heterocycles. The van der Waals surface area contributed by atoms with E-state index in [-0.39, 0.29) is 0 Å². The molecule has 6 heteroatoms. The van der Waals surface area contributed by atoms with Crippen molar-refractivity contribution in [2.75, 3.05) is 18.0 Å². The van der Waals surface area contributed by atoms with Crippen molar-refractivity contribution < 1.29 is 0 Å². The Kier molecular flexibility index (Phi) is 3.93. The maximum atomic E-state index is 6.04. The third kappa shape index (κ3) is 2.92. The van der Waals surface area contributed by atoms with Crippen molar-refractivity contribution in [2.45, 2.75) is 23.8 Å². The number of hydrogen-bond donors (Lipinski definition) is 1. The Morgan fingerprint density at radius 1 is 1.13 bits per heavy atom. The number of pyridine rings is 2. The minimum absolute atomic E-state index is 0.331. The van der Waals surface area contributed by atoms with Crippen LogP contribution in [0.1, 0.15) is 12.8 Å². The number of nitrogens with zero attached hydrogens (tertiary/aromatic N) is 4. The van der Waals surface area contributed by atoms with Gasteiger partial charge in [0, 0.05) is 48.8 Å². The molecule has 118 valence electrons. The van der Waals surface area contributed by atoms with Crippen LogP contribution in [-0.4, -0.2) is 33.1 Å². The third-order valence-corrected chi connectivity index (χ3v) is 5.18. The van der Waals surface area contributed by atoms with Gasteiger partial charge in [-0.05, 0) is 49.1 Å². The first-order valence-electron chi connectivity index (χ1n) is 7.86. The van der Waals surface area contributed by atoms with E-state index in [1.165, 1.54) is 5.69 Å². The van der Waals surface area contributed by atoms with Crippen LogP contribution in [0.2, 0.25) is 0 Å². The molecular weight excluding hydrogens is 306 g/mol. The Bertz CT molecular complexity index is 793. The lowest BCUT2D eigenvalue weighted by Gasteiger charge is -2.31. The van der Waals surface area contributed by atoms with E-state index in [4.69, 9.17) is 5.73 Å². The molecule has 0 aliphatic carbocycles. The molecule has 0 saturated carbocycles. The molecule has 1 aliphatic heterocycles. The quantitative estimate of drug-likeness (QED) is 0.802. The molecule has 0 aromatic carbocycles. The fraction of sp³-hybridized carbons (Fsp3) is 0.294. The number of piperidine rings is 1. The van der Waals surface area contributed by atoms with Crippen LogP contribution in [-0.2, 0) is 0 Å². The van der Waals surface area contributed by atoms with E-state index in [9.17, 15) is 0 Å². The molecule has 2 N–H and O–H groups in total. The zero-order chi connectivity index (χ0) is 15.6. The maximum absolute atomic E-state index is 6.04. The summed E-state index contributed by atoms with van der Waals surface area (Å²) >= 11 is 1.67. The van der Waals surface area contributed by atoms with E-state index in [0.29, 0.717) is 6.04 Å². The first kappa shape index (κ1) is 14.5. The zero-order valence-corrected chi connectivity index (χ0v) is 13.6. The molecule has 0 radical (unpaired) electrons. The van der Waals surface area contributed by atoms with Crippen molar-refractivity contribution in [3.8, 4) is 0 Å². The van der Waals surface area contributed by atoms with Gasteiger partial charge >= 0.3 is 0 Å². The van der Waals surface area contributed by atoms with Gasteiger partial charge in [-0.3, -0.25) is 13.9 Å². The normalized spacial score (nSPS) is 16.1. The fourth-order valence-electron chi connectivity index (χ4n) is 2.98.